The van der Waals surface area contributed by atoms with E-state index in [-0.39, 0.29) is 11.9 Å². The lowest BCUT2D eigenvalue weighted by Crippen LogP contribution is -2.36. The molecule has 1 aromatic heterocycles. The summed E-state index contributed by atoms with van der Waals surface area (Å²) in [5, 5.41) is 3.80. The van der Waals surface area contributed by atoms with E-state index in [0.717, 1.165) is 27.4 Å². The molecule has 26 heavy (non-hydrogen) atoms. The molecule has 0 bridgehead atoms. The number of hydrogen-bond donors (Lipinski definition) is 1. The fourth-order valence-corrected chi connectivity index (χ4v) is 3.67. The minimum Gasteiger partial charge on any atom is -0.383 e. The lowest BCUT2D eigenvalue weighted by Gasteiger charge is -2.15. The van der Waals surface area contributed by atoms with E-state index in [9.17, 15) is 4.79 Å². The molecular formula is C19H26BrN3O2S. The number of hydrogen-bond acceptors (Lipinski definition) is 4. The molecule has 7 heteroatoms. The van der Waals surface area contributed by atoms with Crippen molar-refractivity contribution in [2.24, 2.45) is 5.92 Å². The Balaban J connectivity index is 2.13. The first-order chi connectivity index (χ1) is 12.4. The van der Waals surface area contributed by atoms with Crippen LogP contribution in [0.25, 0.3) is 11.3 Å². The summed E-state index contributed by atoms with van der Waals surface area (Å²) in [7, 11) is 1.63. The molecule has 1 atom stereocenters. The van der Waals surface area contributed by atoms with Crippen molar-refractivity contribution in [3.63, 3.8) is 0 Å². The highest BCUT2D eigenvalue weighted by Gasteiger charge is 2.15. The fraction of sp³-hybridized carbons (Fsp3) is 0.474. The largest absolute Gasteiger partial charge is 0.383 e. The van der Waals surface area contributed by atoms with Crippen LogP contribution in [0.1, 0.15) is 20.8 Å². The average Bonchev–Trinajstić information content (AvgIpc) is 2.96. The van der Waals surface area contributed by atoms with Gasteiger partial charge in [-0.05, 0) is 30.5 Å². The van der Waals surface area contributed by atoms with Gasteiger partial charge < -0.3 is 14.6 Å². The van der Waals surface area contributed by atoms with Crippen LogP contribution in [0.4, 0.5) is 0 Å². The van der Waals surface area contributed by atoms with Gasteiger partial charge in [0.2, 0.25) is 5.91 Å². The second-order valence-corrected chi connectivity index (χ2v) is 8.51. The molecule has 0 saturated heterocycles. The highest BCUT2D eigenvalue weighted by molar-refractivity contribution is 9.10. The van der Waals surface area contributed by atoms with Gasteiger partial charge in [0.25, 0.3) is 0 Å². The predicted molar refractivity (Wildman–Crippen MR) is 110 cm³/mol. The Labute approximate surface area is 168 Å². The first-order valence-electron chi connectivity index (χ1n) is 8.63. The normalized spacial score (nSPS) is 12.4. The van der Waals surface area contributed by atoms with Crippen LogP contribution in [0.5, 0.6) is 0 Å². The minimum atomic E-state index is -0.0103. The Morgan fingerprint density at radius 2 is 2.00 bits per heavy atom. The lowest BCUT2D eigenvalue weighted by molar-refractivity contribution is -0.119. The predicted octanol–water partition coefficient (Wildman–Crippen LogP) is 4.21. The van der Waals surface area contributed by atoms with Gasteiger partial charge in [-0.15, -0.1) is 0 Å². The summed E-state index contributed by atoms with van der Waals surface area (Å²) in [6.45, 7) is 7.65. The number of ether oxygens (including phenoxy) is 1. The number of aromatic nitrogens is 2. The summed E-state index contributed by atoms with van der Waals surface area (Å²) in [4.78, 5) is 16.7. The average molecular weight is 440 g/mol. The van der Waals surface area contributed by atoms with Crippen molar-refractivity contribution in [3.05, 3.63) is 34.9 Å². The first kappa shape index (κ1) is 21.0. The molecular weight excluding hydrogens is 414 g/mol. The molecule has 5 nitrogen and oxygen atoms in total. The molecule has 0 fully saturated rings. The second kappa shape index (κ2) is 10.1. The van der Waals surface area contributed by atoms with Crippen LogP contribution in [0, 0.1) is 5.92 Å². The molecule has 1 unspecified atom stereocenters. The molecule has 0 radical (unpaired) electrons. The number of carbonyl (C=O) groups is 1. The smallest absolute Gasteiger partial charge is 0.230 e. The van der Waals surface area contributed by atoms with E-state index in [0.29, 0.717) is 18.3 Å². The van der Waals surface area contributed by atoms with E-state index in [4.69, 9.17) is 4.74 Å². The van der Waals surface area contributed by atoms with Crippen LogP contribution in [0.15, 0.2) is 40.1 Å². The molecule has 0 aliphatic heterocycles. The monoisotopic (exact) mass is 439 g/mol. The van der Waals surface area contributed by atoms with Crippen molar-refractivity contribution in [2.45, 2.75) is 38.5 Å². The summed E-state index contributed by atoms with van der Waals surface area (Å²) in [6, 6.07) is 8.21. The number of rotatable bonds is 9. The molecule has 1 N–H and O–H groups in total. The van der Waals surface area contributed by atoms with E-state index in [1.54, 1.807) is 7.11 Å². The summed E-state index contributed by atoms with van der Waals surface area (Å²) in [5.41, 5.74) is 2.19. The molecule has 0 aliphatic carbocycles. The Kier molecular flexibility index (Phi) is 8.18. The number of nitrogens with one attached hydrogen (secondary N) is 1. The molecule has 1 amide bonds. The molecule has 0 aliphatic rings. The van der Waals surface area contributed by atoms with Crippen molar-refractivity contribution in [3.8, 4) is 11.3 Å². The van der Waals surface area contributed by atoms with Crippen LogP contribution in [0.2, 0.25) is 0 Å². The van der Waals surface area contributed by atoms with Gasteiger partial charge >= 0.3 is 0 Å². The number of amides is 1. The van der Waals surface area contributed by atoms with Gasteiger partial charge in [0.15, 0.2) is 5.16 Å². The van der Waals surface area contributed by atoms with Crippen molar-refractivity contribution in [1.29, 1.82) is 0 Å². The third-order valence-electron chi connectivity index (χ3n) is 3.66. The van der Waals surface area contributed by atoms with E-state index in [1.165, 1.54) is 11.8 Å². The van der Waals surface area contributed by atoms with Gasteiger partial charge in [0.1, 0.15) is 0 Å². The molecule has 0 saturated carbocycles. The van der Waals surface area contributed by atoms with Crippen molar-refractivity contribution in [1.82, 2.24) is 14.9 Å². The van der Waals surface area contributed by atoms with E-state index in [1.807, 2.05) is 25.3 Å². The van der Waals surface area contributed by atoms with Gasteiger partial charge in [-0.2, -0.15) is 0 Å². The third kappa shape index (κ3) is 6.14. The molecule has 1 heterocycles. The van der Waals surface area contributed by atoms with E-state index < -0.39 is 0 Å². The Morgan fingerprint density at radius 1 is 1.31 bits per heavy atom. The maximum atomic E-state index is 12.1. The molecule has 1 aromatic carbocycles. The van der Waals surface area contributed by atoms with E-state index >= 15 is 0 Å². The van der Waals surface area contributed by atoms with Gasteiger partial charge in [0, 0.05) is 24.2 Å². The van der Waals surface area contributed by atoms with E-state index in [2.05, 4.69) is 56.8 Å². The lowest BCUT2D eigenvalue weighted by atomic mass is 10.1. The summed E-state index contributed by atoms with van der Waals surface area (Å²) in [5.74, 6) is 0.806. The summed E-state index contributed by atoms with van der Waals surface area (Å²) >= 11 is 4.94. The maximum absolute atomic E-state index is 12.1. The zero-order valence-corrected chi connectivity index (χ0v) is 18.1. The molecule has 2 rings (SSSR count). The number of nitrogens with zero attached hydrogens (tertiary/aromatic N) is 2. The van der Waals surface area contributed by atoms with Gasteiger partial charge in [-0.3, -0.25) is 4.79 Å². The van der Waals surface area contributed by atoms with Gasteiger partial charge in [-0.1, -0.05) is 53.7 Å². The number of benzene rings is 1. The minimum absolute atomic E-state index is 0.00170. The topological polar surface area (TPSA) is 56.1 Å². The quantitative estimate of drug-likeness (QED) is 0.594. The molecule has 0 spiro atoms. The third-order valence-corrected chi connectivity index (χ3v) is 5.18. The Bertz CT molecular complexity index is 716. The summed E-state index contributed by atoms with van der Waals surface area (Å²) in [6.07, 6.45) is 1.89. The maximum Gasteiger partial charge on any atom is 0.230 e. The Morgan fingerprint density at radius 3 is 2.62 bits per heavy atom. The number of methoxy groups -OCH3 is 1. The molecule has 2 aromatic rings. The number of carbonyl (C=O) groups excluding carboxylic acids is 1. The van der Waals surface area contributed by atoms with Gasteiger partial charge in [-0.25, -0.2) is 4.98 Å². The SMILES string of the molecule is COCC(C)NC(=O)CSc1ncc(-c2ccc(Br)cc2)n1CC(C)C. The standard InChI is InChI=1S/C19H26BrN3O2S/c1-13(2)10-23-17(15-5-7-16(20)8-6-15)9-21-19(23)26-12-18(24)22-14(3)11-25-4/h5-9,13-14H,10-12H2,1-4H3,(H,22,24). The number of thioether (sulfide) groups is 1. The van der Waals surface area contributed by atoms with Crippen molar-refractivity contribution >= 4 is 33.6 Å². The highest BCUT2D eigenvalue weighted by atomic mass is 79.9. The van der Waals surface area contributed by atoms with Crippen LogP contribution in [-0.2, 0) is 16.1 Å². The second-order valence-electron chi connectivity index (χ2n) is 6.65. The zero-order valence-electron chi connectivity index (χ0n) is 15.7. The summed E-state index contributed by atoms with van der Waals surface area (Å²) < 4.78 is 8.30. The first-order valence-corrected chi connectivity index (χ1v) is 10.4. The van der Waals surface area contributed by atoms with Crippen LogP contribution >= 0.6 is 27.7 Å². The number of halogens is 1. The highest BCUT2D eigenvalue weighted by Crippen LogP contribution is 2.28. The zero-order chi connectivity index (χ0) is 19.1. The van der Waals surface area contributed by atoms with Crippen molar-refractivity contribution in [2.75, 3.05) is 19.5 Å². The Hall–Kier alpha value is -1.31. The van der Waals surface area contributed by atoms with Crippen molar-refractivity contribution < 1.29 is 9.53 Å². The van der Waals surface area contributed by atoms with Crippen LogP contribution < -0.4 is 5.32 Å². The van der Waals surface area contributed by atoms with Crippen LogP contribution in [0.3, 0.4) is 0 Å². The fourth-order valence-electron chi connectivity index (χ4n) is 2.60. The van der Waals surface area contributed by atoms with Gasteiger partial charge in [0.05, 0.1) is 24.3 Å². The number of imidazole rings is 1. The van der Waals surface area contributed by atoms with Crippen LogP contribution in [-0.4, -0.2) is 41.0 Å². The molecule has 142 valence electrons.